The quantitative estimate of drug-likeness (QED) is 0.766. The van der Waals surface area contributed by atoms with Crippen LogP contribution in [0.4, 0.5) is 5.69 Å². The minimum atomic E-state index is 0.815. The van der Waals surface area contributed by atoms with Crippen molar-refractivity contribution < 1.29 is 4.74 Å². The molecule has 1 aromatic carbocycles. The second-order valence-corrected chi connectivity index (χ2v) is 4.53. The van der Waals surface area contributed by atoms with E-state index < -0.39 is 0 Å². The van der Waals surface area contributed by atoms with Gasteiger partial charge >= 0.3 is 0 Å². The molecule has 0 atom stereocenters. The third kappa shape index (κ3) is 3.93. The van der Waals surface area contributed by atoms with Gasteiger partial charge in [-0.15, -0.1) is 0 Å². The van der Waals surface area contributed by atoms with Gasteiger partial charge in [0.05, 0.1) is 6.61 Å². The molecule has 1 saturated heterocycles. The van der Waals surface area contributed by atoms with Crippen LogP contribution in [0.5, 0.6) is 5.75 Å². The lowest BCUT2D eigenvalue weighted by molar-refractivity contribution is 0.263. The van der Waals surface area contributed by atoms with Crippen LogP contribution in [0, 0.1) is 0 Å². The van der Waals surface area contributed by atoms with E-state index >= 15 is 0 Å². The van der Waals surface area contributed by atoms with E-state index in [4.69, 9.17) is 4.74 Å². The van der Waals surface area contributed by atoms with Crippen LogP contribution in [0.2, 0.25) is 0 Å². The number of rotatable bonds is 6. The Hall–Kier alpha value is -1.22. The largest absolute Gasteiger partial charge is 0.494 e. The first-order valence-electron chi connectivity index (χ1n) is 6.51. The van der Waals surface area contributed by atoms with E-state index in [0.29, 0.717) is 0 Å². The summed E-state index contributed by atoms with van der Waals surface area (Å²) in [5, 5.41) is 3.10. The van der Waals surface area contributed by atoms with Gasteiger partial charge in [0.25, 0.3) is 0 Å². The minimum absolute atomic E-state index is 0.815. The number of nitrogens with one attached hydrogen (secondary N) is 1. The molecule has 17 heavy (non-hydrogen) atoms. The summed E-state index contributed by atoms with van der Waals surface area (Å²) in [4.78, 5) is 2.52. The molecule has 94 valence electrons. The Kier molecular flexibility index (Phi) is 4.68. The van der Waals surface area contributed by atoms with Crippen LogP contribution in [0.25, 0.3) is 0 Å². The number of nitrogens with zero attached hydrogens (tertiary/aromatic N) is 1. The summed E-state index contributed by atoms with van der Waals surface area (Å²) >= 11 is 0. The third-order valence-corrected chi connectivity index (χ3v) is 3.23. The highest BCUT2D eigenvalue weighted by atomic mass is 16.5. The van der Waals surface area contributed by atoms with Crippen molar-refractivity contribution in [3.63, 3.8) is 0 Å². The van der Waals surface area contributed by atoms with Crippen LogP contribution in [-0.2, 0) is 0 Å². The van der Waals surface area contributed by atoms with Crippen molar-refractivity contribution in [3.05, 3.63) is 24.3 Å². The summed E-state index contributed by atoms with van der Waals surface area (Å²) < 4.78 is 5.71. The summed E-state index contributed by atoms with van der Waals surface area (Å²) in [6.07, 6.45) is 3.85. The van der Waals surface area contributed by atoms with E-state index in [-0.39, 0.29) is 0 Å². The van der Waals surface area contributed by atoms with Crippen molar-refractivity contribution in [3.8, 4) is 5.75 Å². The zero-order chi connectivity index (χ0) is 11.9. The molecule has 2 rings (SSSR count). The molecule has 0 unspecified atom stereocenters. The number of ether oxygens (including phenoxy) is 1. The number of hydrogen-bond acceptors (Lipinski definition) is 3. The van der Waals surface area contributed by atoms with E-state index in [1.54, 1.807) is 0 Å². The summed E-state index contributed by atoms with van der Waals surface area (Å²) in [7, 11) is 1.92. The van der Waals surface area contributed by atoms with Crippen molar-refractivity contribution in [2.75, 3.05) is 38.6 Å². The van der Waals surface area contributed by atoms with E-state index in [2.05, 4.69) is 10.2 Å². The van der Waals surface area contributed by atoms with Gasteiger partial charge in [0.2, 0.25) is 0 Å². The Morgan fingerprint density at radius 1 is 1.18 bits per heavy atom. The first-order chi connectivity index (χ1) is 8.38. The lowest BCUT2D eigenvalue weighted by atomic mass is 10.3. The van der Waals surface area contributed by atoms with Crippen molar-refractivity contribution in [1.82, 2.24) is 4.90 Å². The van der Waals surface area contributed by atoms with Gasteiger partial charge in [-0.2, -0.15) is 0 Å². The third-order valence-electron chi connectivity index (χ3n) is 3.23. The monoisotopic (exact) mass is 234 g/mol. The molecular weight excluding hydrogens is 212 g/mol. The Labute approximate surface area is 104 Å². The molecule has 1 N–H and O–H groups in total. The van der Waals surface area contributed by atoms with Gasteiger partial charge in [-0.1, -0.05) is 0 Å². The summed E-state index contributed by atoms with van der Waals surface area (Å²) in [5.41, 5.74) is 1.12. The lowest BCUT2D eigenvalue weighted by Crippen LogP contribution is -2.21. The first-order valence-corrected chi connectivity index (χ1v) is 6.51. The molecule has 0 amide bonds. The molecule has 0 bridgehead atoms. The van der Waals surface area contributed by atoms with Crippen LogP contribution in [-0.4, -0.2) is 38.2 Å². The van der Waals surface area contributed by atoms with Crippen LogP contribution in [0.1, 0.15) is 19.3 Å². The minimum Gasteiger partial charge on any atom is -0.494 e. The number of hydrogen-bond donors (Lipinski definition) is 1. The van der Waals surface area contributed by atoms with Gasteiger partial charge in [-0.05, 0) is 56.6 Å². The number of likely N-dealkylation sites (tertiary alicyclic amines) is 1. The average molecular weight is 234 g/mol. The molecule has 1 fully saturated rings. The van der Waals surface area contributed by atoms with E-state index in [1.807, 2.05) is 31.3 Å². The maximum atomic E-state index is 5.71. The second-order valence-electron chi connectivity index (χ2n) is 4.53. The highest BCUT2D eigenvalue weighted by Gasteiger charge is 2.10. The summed E-state index contributed by atoms with van der Waals surface area (Å²) in [6.45, 7) is 4.54. The zero-order valence-corrected chi connectivity index (χ0v) is 10.6. The first kappa shape index (κ1) is 12.2. The predicted octanol–water partition coefficient (Wildman–Crippen LogP) is 2.59. The maximum Gasteiger partial charge on any atom is 0.119 e. The maximum absolute atomic E-state index is 5.71. The highest BCUT2D eigenvalue weighted by Crippen LogP contribution is 2.15. The van der Waals surface area contributed by atoms with Gasteiger partial charge in [0, 0.05) is 19.3 Å². The van der Waals surface area contributed by atoms with Crippen molar-refractivity contribution >= 4 is 5.69 Å². The number of benzene rings is 1. The van der Waals surface area contributed by atoms with Gasteiger partial charge < -0.3 is 15.0 Å². The fourth-order valence-corrected chi connectivity index (χ4v) is 2.20. The Morgan fingerprint density at radius 3 is 2.53 bits per heavy atom. The van der Waals surface area contributed by atoms with Crippen LogP contribution >= 0.6 is 0 Å². The molecule has 0 aromatic heterocycles. The molecule has 1 heterocycles. The summed E-state index contributed by atoms with van der Waals surface area (Å²) in [6, 6.07) is 8.11. The fourth-order valence-electron chi connectivity index (χ4n) is 2.20. The molecule has 1 aromatic rings. The van der Waals surface area contributed by atoms with Gasteiger partial charge in [0.1, 0.15) is 5.75 Å². The summed E-state index contributed by atoms with van der Waals surface area (Å²) in [5.74, 6) is 0.963. The van der Waals surface area contributed by atoms with Crippen LogP contribution < -0.4 is 10.1 Å². The molecule has 0 radical (unpaired) electrons. The fraction of sp³-hybridized carbons (Fsp3) is 0.571. The standard InChI is InChI=1S/C14H22N2O/c1-15-13-5-7-14(8-6-13)17-12-4-11-16-9-2-3-10-16/h5-8,15H,2-4,9-12H2,1H3. The van der Waals surface area contributed by atoms with Crippen molar-refractivity contribution in [2.24, 2.45) is 0 Å². The molecule has 1 aliphatic rings. The molecule has 1 aliphatic heterocycles. The SMILES string of the molecule is CNc1ccc(OCCCN2CCCC2)cc1. The van der Waals surface area contributed by atoms with E-state index in [1.165, 1.54) is 32.5 Å². The second kappa shape index (κ2) is 6.50. The normalized spacial score (nSPS) is 16.1. The van der Waals surface area contributed by atoms with Crippen molar-refractivity contribution in [2.45, 2.75) is 19.3 Å². The average Bonchev–Trinajstić information content (AvgIpc) is 2.88. The Bertz CT molecular complexity index is 317. The van der Waals surface area contributed by atoms with Gasteiger partial charge in [-0.3, -0.25) is 0 Å². The van der Waals surface area contributed by atoms with Crippen molar-refractivity contribution in [1.29, 1.82) is 0 Å². The zero-order valence-electron chi connectivity index (χ0n) is 10.6. The lowest BCUT2D eigenvalue weighted by Gasteiger charge is -2.14. The molecular formula is C14H22N2O. The highest BCUT2D eigenvalue weighted by molar-refractivity contribution is 5.45. The number of anilines is 1. The van der Waals surface area contributed by atoms with Crippen LogP contribution in [0.3, 0.4) is 0 Å². The van der Waals surface area contributed by atoms with Gasteiger partial charge in [-0.25, -0.2) is 0 Å². The van der Waals surface area contributed by atoms with E-state index in [0.717, 1.165) is 24.5 Å². The Balaban J connectivity index is 1.63. The van der Waals surface area contributed by atoms with Gasteiger partial charge in [0.15, 0.2) is 0 Å². The molecule has 0 spiro atoms. The molecule has 0 saturated carbocycles. The Morgan fingerprint density at radius 2 is 1.88 bits per heavy atom. The smallest absolute Gasteiger partial charge is 0.119 e. The molecule has 3 heteroatoms. The van der Waals surface area contributed by atoms with Crippen LogP contribution in [0.15, 0.2) is 24.3 Å². The molecule has 0 aliphatic carbocycles. The molecule has 3 nitrogen and oxygen atoms in total. The predicted molar refractivity (Wildman–Crippen MR) is 71.8 cm³/mol. The van der Waals surface area contributed by atoms with E-state index in [9.17, 15) is 0 Å². The topological polar surface area (TPSA) is 24.5 Å².